The van der Waals surface area contributed by atoms with Gasteiger partial charge in [-0.2, -0.15) is 0 Å². The van der Waals surface area contributed by atoms with Gasteiger partial charge in [0.1, 0.15) is 11.6 Å². The fourth-order valence-corrected chi connectivity index (χ4v) is 2.41. The molecule has 140 valence electrons. The lowest BCUT2D eigenvalue weighted by atomic mass is 10.1. The third-order valence-electron chi connectivity index (χ3n) is 3.74. The smallest absolute Gasteiger partial charge is 0.277 e. The van der Waals surface area contributed by atoms with Crippen LogP contribution in [0.3, 0.4) is 0 Å². The number of nitro benzene ring substituents is 2. The standard InChI is InChI=1S/C18H14F2N2O5/c1-3-11-5-13(17(21(23)24)7-15(11)19)9-27-10-14-6-12(4-2)16(20)8-18(14)22(25)26/h3-8H,1-2,9-10H2. The molecule has 27 heavy (non-hydrogen) atoms. The summed E-state index contributed by atoms with van der Waals surface area (Å²) in [4.78, 5) is 20.7. The van der Waals surface area contributed by atoms with E-state index in [0.717, 1.165) is 12.1 Å². The lowest BCUT2D eigenvalue weighted by molar-refractivity contribution is -0.386. The Bertz CT molecular complexity index is 868. The van der Waals surface area contributed by atoms with E-state index in [-0.39, 0.29) is 35.5 Å². The summed E-state index contributed by atoms with van der Waals surface area (Å²) in [6.07, 6.45) is 2.40. The van der Waals surface area contributed by atoms with E-state index in [9.17, 15) is 29.0 Å². The summed E-state index contributed by atoms with van der Waals surface area (Å²) in [6, 6.07) is 3.95. The highest BCUT2D eigenvalue weighted by Gasteiger charge is 2.20. The Hall–Kier alpha value is -3.46. The molecule has 0 saturated carbocycles. The molecule has 0 amide bonds. The average molecular weight is 376 g/mol. The molecule has 0 aliphatic heterocycles. The second-order valence-corrected chi connectivity index (χ2v) is 5.42. The highest BCUT2D eigenvalue weighted by Crippen LogP contribution is 2.27. The van der Waals surface area contributed by atoms with E-state index in [1.807, 2.05) is 0 Å². The van der Waals surface area contributed by atoms with E-state index < -0.39 is 32.9 Å². The van der Waals surface area contributed by atoms with Crippen molar-refractivity contribution in [3.05, 3.63) is 91.5 Å². The molecule has 2 aromatic rings. The highest BCUT2D eigenvalue weighted by atomic mass is 19.1. The van der Waals surface area contributed by atoms with Gasteiger partial charge in [0.15, 0.2) is 0 Å². The van der Waals surface area contributed by atoms with Crippen molar-refractivity contribution in [2.75, 3.05) is 0 Å². The predicted molar refractivity (Wildman–Crippen MR) is 94.8 cm³/mol. The third kappa shape index (κ3) is 4.39. The zero-order valence-electron chi connectivity index (χ0n) is 14.0. The van der Waals surface area contributed by atoms with Crippen LogP contribution in [0.15, 0.2) is 37.4 Å². The SMILES string of the molecule is C=Cc1cc(COCc2cc(C=C)c(F)cc2[N+](=O)[O-])c([N+](=O)[O-])cc1F. The summed E-state index contributed by atoms with van der Waals surface area (Å²) >= 11 is 0. The molecule has 0 N–H and O–H groups in total. The van der Waals surface area contributed by atoms with Crippen LogP contribution in [0.25, 0.3) is 12.2 Å². The summed E-state index contributed by atoms with van der Waals surface area (Å²) in [5.41, 5.74) is -0.714. The molecule has 0 saturated heterocycles. The van der Waals surface area contributed by atoms with E-state index in [1.165, 1.54) is 24.3 Å². The van der Waals surface area contributed by atoms with E-state index >= 15 is 0 Å². The molecule has 7 nitrogen and oxygen atoms in total. The topological polar surface area (TPSA) is 95.5 Å². The van der Waals surface area contributed by atoms with Gasteiger partial charge < -0.3 is 4.74 Å². The van der Waals surface area contributed by atoms with Crippen molar-refractivity contribution in [1.29, 1.82) is 0 Å². The van der Waals surface area contributed by atoms with Crippen LogP contribution in [-0.4, -0.2) is 9.85 Å². The summed E-state index contributed by atoms with van der Waals surface area (Å²) in [5, 5.41) is 22.2. The van der Waals surface area contributed by atoms with Gasteiger partial charge in [0.05, 0.1) is 46.3 Å². The number of ether oxygens (including phenoxy) is 1. The first-order chi connectivity index (χ1) is 12.8. The molecule has 0 radical (unpaired) electrons. The first-order valence-electron chi connectivity index (χ1n) is 7.54. The molecular weight excluding hydrogens is 362 g/mol. The number of nitro groups is 2. The van der Waals surface area contributed by atoms with Crippen LogP contribution in [0.1, 0.15) is 22.3 Å². The van der Waals surface area contributed by atoms with Crippen molar-refractivity contribution in [3.63, 3.8) is 0 Å². The minimum atomic E-state index is -0.801. The minimum absolute atomic E-state index is 0.0564. The van der Waals surface area contributed by atoms with Gasteiger partial charge >= 0.3 is 0 Å². The molecule has 0 aromatic heterocycles. The van der Waals surface area contributed by atoms with Crippen molar-refractivity contribution in [2.24, 2.45) is 0 Å². The Kier molecular flexibility index (Phi) is 6.09. The molecular formula is C18H14F2N2O5. The lowest BCUT2D eigenvalue weighted by Gasteiger charge is -2.09. The summed E-state index contributed by atoms with van der Waals surface area (Å²) < 4.78 is 32.8. The van der Waals surface area contributed by atoms with Gasteiger partial charge in [-0.1, -0.05) is 25.3 Å². The van der Waals surface area contributed by atoms with Crippen molar-refractivity contribution < 1.29 is 23.4 Å². The highest BCUT2D eigenvalue weighted by molar-refractivity contribution is 5.56. The Labute approximate surface area is 152 Å². The van der Waals surface area contributed by atoms with Crippen molar-refractivity contribution in [3.8, 4) is 0 Å². The van der Waals surface area contributed by atoms with Crippen LogP contribution >= 0.6 is 0 Å². The Morgan fingerprint density at radius 3 is 1.52 bits per heavy atom. The number of halogens is 2. The number of hydrogen-bond acceptors (Lipinski definition) is 5. The molecule has 0 bridgehead atoms. The van der Waals surface area contributed by atoms with Gasteiger partial charge in [-0.15, -0.1) is 0 Å². The Balaban J connectivity index is 2.29. The maximum atomic E-state index is 13.7. The molecule has 0 aliphatic carbocycles. The average Bonchev–Trinajstić information content (AvgIpc) is 2.62. The van der Waals surface area contributed by atoms with E-state index in [0.29, 0.717) is 0 Å². The van der Waals surface area contributed by atoms with Gasteiger partial charge in [0, 0.05) is 11.1 Å². The monoisotopic (exact) mass is 376 g/mol. The van der Waals surface area contributed by atoms with Crippen molar-refractivity contribution >= 4 is 23.5 Å². The maximum Gasteiger partial charge on any atom is 0.277 e. The summed E-state index contributed by atoms with van der Waals surface area (Å²) in [7, 11) is 0. The van der Waals surface area contributed by atoms with E-state index in [1.54, 1.807) is 0 Å². The number of rotatable bonds is 8. The van der Waals surface area contributed by atoms with Crippen LogP contribution in [0.4, 0.5) is 20.2 Å². The summed E-state index contributed by atoms with van der Waals surface area (Å²) in [6.45, 7) is 6.23. The quantitative estimate of drug-likeness (QED) is 0.488. The molecule has 9 heteroatoms. The number of benzene rings is 2. The zero-order chi connectivity index (χ0) is 20.1. The summed E-state index contributed by atoms with van der Waals surface area (Å²) in [5.74, 6) is -1.60. The molecule has 0 atom stereocenters. The first kappa shape index (κ1) is 19.9. The molecule has 2 rings (SSSR count). The van der Waals surface area contributed by atoms with Gasteiger partial charge in [-0.25, -0.2) is 8.78 Å². The molecule has 0 aliphatic rings. The molecule has 0 fully saturated rings. The number of hydrogen-bond donors (Lipinski definition) is 0. The van der Waals surface area contributed by atoms with Gasteiger partial charge in [-0.3, -0.25) is 20.2 Å². The first-order valence-corrected chi connectivity index (χ1v) is 7.54. The van der Waals surface area contributed by atoms with Crippen molar-refractivity contribution in [1.82, 2.24) is 0 Å². The third-order valence-corrected chi connectivity index (χ3v) is 3.74. The van der Waals surface area contributed by atoms with Crippen LogP contribution < -0.4 is 0 Å². The van der Waals surface area contributed by atoms with Gasteiger partial charge in [0.25, 0.3) is 11.4 Å². The largest absolute Gasteiger partial charge is 0.372 e. The second-order valence-electron chi connectivity index (χ2n) is 5.42. The predicted octanol–water partition coefficient (Wildman–Crippen LogP) is 4.78. The molecule has 0 spiro atoms. The lowest BCUT2D eigenvalue weighted by Crippen LogP contribution is -2.04. The minimum Gasteiger partial charge on any atom is -0.372 e. The van der Waals surface area contributed by atoms with Crippen LogP contribution in [0, 0.1) is 31.9 Å². The maximum absolute atomic E-state index is 13.7. The fraction of sp³-hybridized carbons (Fsp3) is 0.111. The molecule has 0 heterocycles. The normalized spacial score (nSPS) is 10.4. The Morgan fingerprint density at radius 1 is 0.852 bits per heavy atom. The van der Waals surface area contributed by atoms with Crippen LogP contribution in [0.2, 0.25) is 0 Å². The molecule has 2 aromatic carbocycles. The fourth-order valence-electron chi connectivity index (χ4n) is 2.41. The van der Waals surface area contributed by atoms with Crippen LogP contribution in [-0.2, 0) is 18.0 Å². The van der Waals surface area contributed by atoms with E-state index in [2.05, 4.69) is 13.2 Å². The second kappa shape index (κ2) is 8.28. The molecule has 0 unspecified atom stereocenters. The zero-order valence-corrected chi connectivity index (χ0v) is 14.0. The van der Waals surface area contributed by atoms with Gasteiger partial charge in [-0.05, 0) is 12.1 Å². The Morgan fingerprint density at radius 2 is 1.22 bits per heavy atom. The van der Waals surface area contributed by atoms with Crippen LogP contribution in [0.5, 0.6) is 0 Å². The number of nitrogens with zero attached hydrogens (tertiary/aromatic N) is 2. The van der Waals surface area contributed by atoms with Gasteiger partial charge in [0.2, 0.25) is 0 Å². The van der Waals surface area contributed by atoms with E-state index in [4.69, 9.17) is 4.74 Å². The van der Waals surface area contributed by atoms with Crippen molar-refractivity contribution in [2.45, 2.75) is 13.2 Å².